The quantitative estimate of drug-likeness (QED) is 0.511. The number of hydrogen-bond acceptors (Lipinski definition) is 4. The molecule has 0 unspecified atom stereocenters. The lowest BCUT2D eigenvalue weighted by Gasteiger charge is -2.04. The molecule has 6 heteroatoms. The van der Waals surface area contributed by atoms with Gasteiger partial charge >= 0.3 is 7.32 Å². The number of carbonyl (C=O) groups excluding carboxylic acids is 1. The van der Waals surface area contributed by atoms with Crippen LogP contribution in [-0.4, -0.2) is 23.7 Å². The molecule has 0 amide bonds. The maximum atomic E-state index is 12.7. The average Bonchev–Trinajstić information content (AvgIpc) is 2.01. The summed E-state index contributed by atoms with van der Waals surface area (Å²) in [7, 11) is -2.03. The van der Waals surface area contributed by atoms with E-state index in [0.717, 1.165) is 12.1 Å². The zero-order valence-corrected chi connectivity index (χ0v) is 6.48. The van der Waals surface area contributed by atoms with Gasteiger partial charge in [0.05, 0.1) is 0 Å². The third-order valence-corrected chi connectivity index (χ3v) is 1.27. The summed E-state index contributed by atoms with van der Waals surface area (Å²) in [5.74, 6) is -0.794. The van der Waals surface area contributed by atoms with Gasteiger partial charge in [0.1, 0.15) is 17.9 Å². The maximum absolute atomic E-state index is 12.7. The number of hydrogen-bond donors (Lipinski definition) is 2. The molecule has 0 aliphatic rings. The van der Waals surface area contributed by atoms with Gasteiger partial charge in [0.25, 0.3) is 0 Å². The van der Waals surface area contributed by atoms with E-state index in [0.29, 0.717) is 6.29 Å². The number of rotatable bonds is 3. The Labute approximate surface area is 73.8 Å². The molecule has 0 bridgehead atoms. The lowest BCUT2D eigenvalue weighted by atomic mass is 10.2. The van der Waals surface area contributed by atoms with E-state index in [9.17, 15) is 9.18 Å². The lowest BCUT2D eigenvalue weighted by Crippen LogP contribution is -2.20. The first kappa shape index (κ1) is 9.69. The van der Waals surface area contributed by atoms with E-state index < -0.39 is 13.1 Å². The summed E-state index contributed by atoms with van der Waals surface area (Å²) in [6.45, 7) is 0. The minimum absolute atomic E-state index is 0.0654. The molecule has 1 rings (SSSR count). The molecule has 13 heavy (non-hydrogen) atoms. The van der Waals surface area contributed by atoms with Crippen molar-refractivity contribution in [2.24, 2.45) is 0 Å². The van der Waals surface area contributed by atoms with Crippen LogP contribution in [0.1, 0.15) is 10.4 Å². The molecular weight excluding hydrogens is 178 g/mol. The van der Waals surface area contributed by atoms with E-state index in [2.05, 4.69) is 4.65 Å². The highest BCUT2D eigenvalue weighted by molar-refractivity contribution is 6.33. The van der Waals surface area contributed by atoms with E-state index in [1.165, 1.54) is 6.07 Å². The summed E-state index contributed by atoms with van der Waals surface area (Å²) in [6, 6.07) is 3.13. The fourth-order valence-corrected chi connectivity index (χ4v) is 0.842. The molecule has 4 nitrogen and oxygen atoms in total. The first-order chi connectivity index (χ1) is 6.11. The van der Waals surface area contributed by atoms with Gasteiger partial charge in [0.2, 0.25) is 0 Å². The second kappa shape index (κ2) is 4.02. The summed E-state index contributed by atoms with van der Waals surface area (Å²) >= 11 is 0. The standard InChI is InChI=1S/C7H6BFO4/c9-6-1-5(4-10)2-7(3-6)13-8(11)12/h1-4,11-12H. The molecule has 1 aromatic carbocycles. The molecule has 68 valence electrons. The van der Waals surface area contributed by atoms with Crippen molar-refractivity contribution in [2.75, 3.05) is 0 Å². The van der Waals surface area contributed by atoms with Crippen LogP contribution in [0.25, 0.3) is 0 Å². The van der Waals surface area contributed by atoms with Gasteiger partial charge in [-0.05, 0) is 12.1 Å². The molecule has 0 radical (unpaired) electrons. The molecule has 0 saturated carbocycles. The molecule has 0 heterocycles. The van der Waals surface area contributed by atoms with Gasteiger partial charge in [-0.2, -0.15) is 0 Å². The third kappa shape index (κ3) is 2.85. The van der Waals surface area contributed by atoms with Crippen molar-refractivity contribution >= 4 is 13.6 Å². The summed E-state index contributed by atoms with van der Waals surface area (Å²) in [5, 5.41) is 16.8. The van der Waals surface area contributed by atoms with Crippen molar-refractivity contribution in [1.82, 2.24) is 0 Å². The fraction of sp³-hybridized carbons (Fsp3) is 0. The van der Waals surface area contributed by atoms with E-state index in [1.807, 2.05) is 0 Å². The zero-order chi connectivity index (χ0) is 9.84. The van der Waals surface area contributed by atoms with Crippen LogP contribution in [0, 0.1) is 5.82 Å². The van der Waals surface area contributed by atoms with Crippen LogP contribution in [0.5, 0.6) is 5.75 Å². The van der Waals surface area contributed by atoms with Gasteiger partial charge in [-0.25, -0.2) is 4.39 Å². The normalized spacial score (nSPS) is 9.46. The van der Waals surface area contributed by atoms with E-state index >= 15 is 0 Å². The van der Waals surface area contributed by atoms with Crippen molar-refractivity contribution in [3.8, 4) is 5.75 Å². The summed E-state index contributed by atoms with van der Waals surface area (Å²) in [5.41, 5.74) is 0.0654. The largest absolute Gasteiger partial charge is 0.707 e. The Morgan fingerprint density at radius 1 is 1.38 bits per heavy atom. The summed E-state index contributed by atoms with van der Waals surface area (Å²) < 4.78 is 17.0. The van der Waals surface area contributed by atoms with Crippen molar-refractivity contribution in [3.63, 3.8) is 0 Å². The van der Waals surface area contributed by atoms with E-state index in [4.69, 9.17) is 10.0 Å². The number of halogens is 1. The van der Waals surface area contributed by atoms with Crippen LogP contribution in [-0.2, 0) is 0 Å². The van der Waals surface area contributed by atoms with Crippen LogP contribution in [0.3, 0.4) is 0 Å². The Morgan fingerprint density at radius 2 is 2.08 bits per heavy atom. The molecule has 1 aromatic rings. The predicted molar refractivity (Wildman–Crippen MR) is 42.6 cm³/mol. The maximum Gasteiger partial charge on any atom is 0.707 e. The van der Waals surface area contributed by atoms with Crippen LogP contribution in [0.2, 0.25) is 0 Å². The predicted octanol–water partition coefficient (Wildman–Crippen LogP) is -0.0135. The molecule has 0 fully saturated rings. The van der Waals surface area contributed by atoms with Crippen molar-refractivity contribution in [3.05, 3.63) is 29.6 Å². The third-order valence-electron chi connectivity index (χ3n) is 1.27. The minimum Gasteiger partial charge on any atom is -0.512 e. The van der Waals surface area contributed by atoms with Crippen molar-refractivity contribution in [1.29, 1.82) is 0 Å². The SMILES string of the molecule is O=Cc1cc(F)cc(OB(O)O)c1. The first-order valence-corrected chi connectivity index (χ1v) is 3.40. The smallest absolute Gasteiger partial charge is 0.512 e. The number of benzene rings is 1. The Balaban J connectivity index is 2.94. The van der Waals surface area contributed by atoms with Crippen LogP contribution >= 0.6 is 0 Å². The molecule has 0 aromatic heterocycles. The van der Waals surface area contributed by atoms with Gasteiger partial charge in [-0.3, -0.25) is 4.79 Å². The highest BCUT2D eigenvalue weighted by Crippen LogP contribution is 2.15. The van der Waals surface area contributed by atoms with Gasteiger partial charge in [0, 0.05) is 11.6 Å². The van der Waals surface area contributed by atoms with Crippen LogP contribution < -0.4 is 4.65 Å². The Bertz CT molecular complexity index is 315. The molecule has 0 saturated heterocycles. The van der Waals surface area contributed by atoms with Crippen LogP contribution in [0.4, 0.5) is 4.39 Å². The van der Waals surface area contributed by atoms with Gasteiger partial charge in [0.15, 0.2) is 0 Å². The second-order valence-electron chi connectivity index (χ2n) is 2.28. The summed E-state index contributed by atoms with van der Waals surface area (Å²) in [4.78, 5) is 10.2. The minimum atomic E-state index is -2.03. The first-order valence-electron chi connectivity index (χ1n) is 3.40. The van der Waals surface area contributed by atoms with Crippen LogP contribution in [0.15, 0.2) is 18.2 Å². The van der Waals surface area contributed by atoms with Crippen molar-refractivity contribution in [2.45, 2.75) is 0 Å². The highest BCUT2D eigenvalue weighted by atomic mass is 19.1. The average molecular weight is 184 g/mol. The molecule has 0 spiro atoms. The highest BCUT2D eigenvalue weighted by Gasteiger charge is 2.12. The molecule has 0 aliphatic heterocycles. The fourth-order valence-electron chi connectivity index (χ4n) is 0.842. The Hall–Kier alpha value is -1.40. The van der Waals surface area contributed by atoms with Gasteiger partial charge in [-0.15, -0.1) is 0 Å². The van der Waals surface area contributed by atoms with Gasteiger partial charge in [-0.1, -0.05) is 0 Å². The zero-order valence-electron chi connectivity index (χ0n) is 6.48. The number of aldehydes is 1. The Kier molecular flexibility index (Phi) is 3.00. The molecule has 0 atom stereocenters. The second-order valence-corrected chi connectivity index (χ2v) is 2.28. The topological polar surface area (TPSA) is 66.8 Å². The van der Waals surface area contributed by atoms with E-state index in [1.54, 1.807) is 0 Å². The van der Waals surface area contributed by atoms with E-state index in [-0.39, 0.29) is 11.3 Å². The lowest BCUT2D eigenvalue weighted by molar-refractivity contribution is 0.112. The molecular formula is C7H6BFO4. The Morgan fingerprint density at radius 3 is 2.62 bits per heavy atom. The monoisotopic (exact) mass is 184 g/mol. The molecule has 2 N–H and O–H groups in total. The van der Waals surface area contributed by atoms with Gasteiger partial charge < -0.3 is 14.7 Å². The van der Waals surface area contributed by atoms with Crippen molar-refractivity contribution < 1.29 is 23.9 Å². The summed E-state index contributed by atoms with van der Waals surface area (Å²) in [6.07, 6.45) is 0.430. The molecule has 0 aliphatic carbocycles. The number of carbonyl (C=O) groups is 1.